The molecule has 0 amide bonds. The molecule has 0 spiro atoms. The number of esters is 2. The van der Waals surface area contributed by atoms with Crippen LogP contribution >= 0.6 is 0 Å². The van der Waals surface area contributed by atoms with Crippen molar-refractivity contribution in [1.82, 2.24) is 0 Å². The number of carbonyl (C=O) groups excluding carboxylic acids is 2. The number of ether oxygens (including phenoxy) is 2. The smallest absolute Gasteiger partial charge is 0.417 e. The molecule has 0 aromatic carbocycles. The van der Waals surface area contributed by atoms with Gasteiger partial charge in [-0.25, -0.2) is 9.59 Å². The van der Waals surface area contributed by atoms with Crippen molar-refractivity contribution in [2.24, 2.45) is 62.6 Å². The number of carboxylic acid groups (broad SMARTS) is 1. The number of hydrogen-bond acceptors (Lipinski definition) is 5. The third-order valence-corrected chi connectivity index (χ3v) is 14.4. The Morgan fingerprint density at radius 1 is 0.800 bits per heavy atom. The van der Waals surface area contributed by atoms with Gasteiger partial charge in [-0.1, -0.05) is 48.5 Å². The summed E-state index contributed by atoms with van der Waals surface area (Å²) in [6.45, 7) is 18.6. The molecule has 5 aliphatic carbocycles. The van der Waals surface area contributed by atoms with Crippen molar-refractivity contribution in [3.63, 3.8) is 0 Å². The number of carboxylic acids is 1. The normalized spacial score (nSPS) is 47.3. The van der Waals surface area contributed by atoms with Crippen LogP contribution in [0.5, 0.6) is 0 Å². The van der Waals surface area contributed by atoms with E-state index in [4.69, 9.17) is 9.47 Å². The van der Waals surface area contributed by atoms with Gasteiger partial charge in [-0.15, -0.1) is 0 Å². The molecule has 40 heavy (non-hydrogen) atoms. The summed E-state index contributed by atoms with van der Waals surface area (Å²) in [5.74, 6) is 0.402. The minimum Gasteiger partial charge on any atom is -0.481 e. The molecule has 0 aromatic rings. The quantitative estimate of drug-likeness (QED) is 0.288. The van der Waals surface area contributed by atoms with Crippen LogP contribution in [0.1, 0.15) is 120 Å². The van der Waals surface area contributed by atoms with E-state index in [-0.39, 0.29) is 40.3 Å². The minimum absolute atomic E-state index is 0.117. The fourth-order valence-corrected chi connectivity index (χ4v) is 12.3. The van der Waals surface area contributed by atoms with Gasteiger partial charge in [-0.2, -0.15) is 0 Å². The topological polar surface area (TPSA) is 89.9 Å². The second kappa shape index (κ2) is 9.73. The molecule has 0 bridgehead atoms. The lowest BCUT2D eigenvalue weighted by molar-refractivity contribution is -0.252. The van der Waals surface area contributed by atoms with Crippen molar-refractivity contribution in [2.75, 3.05) is 6.61 Å². The Balaban J connectivity index is 1.45. The van der Waals surface area contributed by atoms with E-state index in [1.54, 1.807) is 6.92 Å². The van der Waals surface area contributed by atoms with Crippen LogP contribution in [0.4, 0.5) is 0 Å². The lowest BCUT2D eigenvalue weighted by Crippen LogP contribution is -2.67. The van der Waals surface area contributed by atoms with E-state index in [0.717, 1.165) is 64.2 Å². The Bertz CT molecular complexity index is 1050. The zero-order chi connectivity index (χ0) is 29.5. The molecule has 5 fully saturated rings. The van der Waals surface area contributed by atoms with Gasteiger partial charge in [0, 0.05) is 5.41 Å². The van der Waals surface area contributed by atoms with Crippen LogP contribution in [0.2, 0.25) is 0 Å². The largest absolute Gasteiger partial charge is 0.481 e. The maximum atomic E-state index is 12.9. The summed E-state index contributed by atoms with van der Waals surface area (Å²) in [6, 6.07) is 0. The predicted octanol–water partition coefficient (Wildman–Crippen LogP) is 7.28. The molecule has 10 atom stereocenters. The van der Waals surface area contributed by atoms with Gasteiger partial charge in [-0.05, 0) is 123 Å². The fourth-order valence-electron chi connectivity index (χ4n) is 12.3. The van der Waals surface area contributed by atoms with E-state index in [9.17, 15) is 19.5 Å². The van der Waals surface area contributed by atoms with Gasteiger partial charge < -0.3 is 14.6 Å². The van der Waals surface area contributed by atoms with Gasteiger partial charge in [0.2, 0.25) is 0 Å². The van der Waals surface area contributed by atoms with E-state index in [1.807, 2.05) is 0 Å². The van der Waals surface area contributed by atoms with Crippen LogP contribution in [0.25, 0.3) is 0 Å². The van der Waals surface area contributed by atoms with Crippen molar-refractivity contribution in [3.05, 3.63) is 0 Å². The second-order valence-electron chi connectivity index (χ2n) is 16.1. The van der Waals surface area contributed by atoms with Crippen LogP contribution < -0.4 is 0 Å². The SMILES string of the molecule is CCOC(=O)C(=O)O[C@@H]1CC[C@]2(C)[C@H]3CCC4[C@@H]5[C@H](C(C)C)CC[C@]5(C(=O)O)CC[C@@]4(C)[C@]3(C)CC[C@H]2C1(C)C. The summed E-state index contributed by atoms with van der Waals surface area (Å²) in [4.78, 5) is 37.5. The molecule has 0 aromatic heterocycles. The first kappa shape index (κ1) is 29.9. The third-order valence-electron chi connectivity index (χ3n) is 14.4. The van der Waals surface area contributed by atoms with E-state index < -0.39 is 23.3 Å². The molecule has 6 heteroatoms. The van der Waals surface area contributed by atoms with Gasteiger partial charge in [0.15, 0.2) is 0 Å². The Labute approximate surface area is 241 Å². The van der Waals surface area contributed by atoms with Crippen molar-refractivity contribution < 1.29 is 29.0 Å². The Morgan fingerprint density at radius 2 is 1.50 bits per heavy atom. The van der Waals surface area contributed by atoms with Crippen molar-refractivity contribution in [1.29, 1.82) is 0 Å². The number of hydrogen-bond donors (Lipinski definition) is 1. The molecule has 0 aliphatic heterocycles. The zero-order valence-electron chi connectivity index (χ0n) is 26.3. The van der Waals surface area contributed by atoms with E-state index in [2.05, 4.69) is 48.5 Å². The minimum atomic E-state index is -0.893. The van der Waals surface area contributed by atoms with E-state index in [1.165, 1.54) is 0 Å². The summed E-state index contributed by atoms with van der Waals surface area (Å²) >= 11 is 0. The Hall–Kier alpha value is -1.59. The maximum absolute atomic E-state index is 12.9. The van der Waals surface area contributed by atoms with Gasteiger partial charge in [0.1, 0.15) is 6.10 Å². The van der Waals surface area contributed by atoms with Gasteiger partial charge in [0.05, 0.1) is 12.0 Å². The molecule has 1 unspecified atom stereocenters. The van der Waals surface area contributed by atoms with Crippen molar-refractivity contribution in [3.8, 4) is 0 Å². The summed E-state index contributed by atoms with van der Waals surface area (Å²) in [7, 11) is 0. The Kier molecular flexibility index (Phi) is 7.27. The average molecular weight is 559 g/mol. The van der Waals surface area contributed by atoms with Gasteiger partial charge in [0.25, 0.3) is 0 Å². The first-order valence-corrected chi connectivity index (χ1v) is 16.2. The van der Waals surface area contributed by atoms with Gasteiger partial charge in [-0.3, -0.25) is 4.79 Å². The molecule has 6 nitrogen and oxygen atoms in total. The van der Waals surface area contributed by atoms with Crippen LogP contribution in [0.15, 0.2) is 0 Å². The van der Waals surface area contributed by atoms with Crippen LogP contribution in [0.3, 0.4) is 0 Å². The Morgan fingerprint density at radius 3 is 2.12 bits per heavy atom. The molecule has 5 aliphatic rings. The molecule has 0 saturated heterocycles. The molecule has 226 valence electrons. The van der Waals surface area contributed by atoms with Crippen molar-refractivity contribution in [2.45, 2.75) is 126 Å². The number of fused-ring (bicyclic) bond motifs is 7. The number of carbonyl (C=O) groups is 3. The fraction of sp³-hybridized carbons (Fsp3) is 0.912. The summed E-state index contributed by atoms with van der Waals surface area (Å²) < 4.78 is 10.7. The molecule has 1 N–H and O–H groups in total. The van der Waals surface area contributed by atoms with Crippen LogP contribution in [-0.4, -0.2) is 35.7 Å². The first-order valence-electron chi connectivity index (χ1n) is 16.2. The average Bonchev–Trinajstić information content (AvgIpc) is 3.28. The molecular weight excluding hydrogens is 504 g/mol. The highest BCUT2D eigenvalue weighted by molar-refractivity contribution is 6.29. The summed E-state index contributed by atoms with van der Waals surface area (Å²) in [5.41, 5.74) is -0.381. The van der Waals surface area contributed by atoms with Crippen molar-refractivity contribution >= 4 is 17.9 Å². The molecule has 5 saturated carbocycles. The third kappa shape index (κ3) is 3.88. The monoisotopic (exact) mass is 558 g/mol. The van der Waals surface area contributed by atoms with Crippen LogP contribution in [-0.2, 0) is 23.9 Å². The van der Waals surface area contributed by atoms with E-state index in [0.29, 0.717) is 29.6 Å². The zero-order valence-corrected chi connectivity index (χ0v) is 26.3. The summed E-state index contributed by atoms with van der Waals surface area (Å²) in [6.07, 6.45) is 9.69. The highest BCUT2D eigenvalue weighted by Gasteiger charge is 2.72. The molecule has 0 heterocycles. The highest BCUT2D eigenvalue weighted by Crippen LogP contribution is 2.77. The maximum Gasteiger partial charge on any atom is 0.417 e. The predicted molar refractivity (Wildman–Crippen MR) is 153 cm³/mol. The molecular formula is C34H54O6. The standard InChI is InChI=1S/C34H54O6/c1-9-39-27(35)28(36)40-25-14-15-31(6)23(30(25,4)5)13-16-33(8)24(31)11-10-22-26-21(20(2)3)12-17-34(26,29(37)38)19-18-32(22,33)7/h20-26H,9-19H2,1-8H3,(H,37,38)/t21-,22?,23-,24+,25+,26-,31-,32+,33+,34-/m0/s1. The first-order chi connectivity index (χ1) is 18.6. The lowest BCUT2D eigenvalue weighted by atomic mass is 9.32. The molecule has 5 rings (SSSR count). The summed E-state index contributed by atoms with van der Waals surface area (Å²) in [5, 5.41) is 10.6. The van der Waals surface area contributed by atoms with E-state index >= 15 is 0 Å². The number of rotatable bonds is 4. The van der Waals surface area contributed by atoms with Crippen LogP contribution in [0, 0.1) is 62.6 Å². The van der Waals surface area contributed by atoms with Gasteiger partial charge >= 0.3 is 17.9 Å². The lowest BCUT2D eigenvalue weighted by Gasteiger charge is -2.72. The molecule has 0 radical (unpaired) electrons. The number of aliphatic carboxylic acids is 1. The second-order valence-corrected chi connectivity index (χ2v) is 16.1. The highest BCUT2D eigenvalue weighted by atomic mass is 16.6.